The van der Waals surface area contributed by atoms with Crippen LogP contribution >= 0.6 is 7.82 Å². The Bertz CT molecular complexity index is 1780. The van der Waals surface area contributed by atoms with Crippen molar-refractivity contribution in [2.75, 3.05) is 26.4 Å². The van der Waals surface area contributed by atoms with Gasteiger partial charge in [0.15, 0.2) is 6.10 Å². The number of hydrogen-bond donors (Lipinski definition) is 2. The average Bonchev–Trinajstić information content (AvgIpc) is 3.55. The molecule has 0 saturated heterocycles. The van der Waals surface area contributed by atoms with Crippen molar-refractivity contribution in [1.82, 2.24) is 0 Å². The summed E-state index contributed by atoms with van der Waals surface area (Å²) in [6.45, 7) is 4.49. The summed E-state index contributed by atoms with van der Waals surface area (Å²) in [5.74, 6) is -1.56. The standard InChI is InChI=1S/C72H125O11P/c1-4-7-10-13-16-19-22-25-28-31-34-37-40-43-46-49-52-55-58-61-70(74)79-65-69(83-72(76)63-60-57-54-51-48-45-42-39-36-33-30-27-24-21-18-15-12-9-6-3)67-81-84(77,78)80-66-68(64-73)82-71(75)62-59-56-53-50-47-44-41-38-35-32-29-26-23-20-17-14-11-8-5-2/h7,10,16,19,25-30,34,37,43,46,52,55,68-69,73H,4-6,8-9,11-15,17-18,20-24,31-33,35-36,38-42,44-45,47-51,53-54,56-67H2,1-3H3,(H,77,78)/b10-7-,19-16-,28-25-,29-26-,30-27-,37-34-,46-43-,55-52-. The van der Waals surface area contributed by atoms with E-state index < -0.39 is 57.8 Å². The van der Waals surface area contributed by atoms with E-state index in [0.29, 0.717) is 19.3 Å². The highest BCUT2D eigenvalue weighted by molar-refractivity contribution is 7.47. The van der Waals surface area contributed by atoms with Crippen molar-refractivity contribution in [3.05, 3.63) is 97.2 Å². The number of rotatable bonds is 63. The smallest absolute Gasteiger partial charge is 0.462 e. The number of phosphoric ester groups is 1. The molecule has 0 amide bonds. The zero-order valence-corrected chi connectivity index (χ0v) is 54.7. The van der Waals surface area contributed by atoms with Crippen molar-refractivity contribution in [3.63, 3.8) is 0 Å². The van der Waals surface area contributed by atoms with Crippen LogP contribution in [0.25, 0.3) is 0 Å². The molecule has 12 heteroatoms. The summed E-state index contributed by atoms with van der Waals surface area (Å²) in [6, 6.07) is 0. The maximum atomic E-state index is 13.0. The van der Waals surface area contributed by atoms with E-state index in [1.54, 1.807) is 0 Å². The molecule has 0 spiro atoms. The van der Waals surface area contributed by atoms with E-state index in [1.807, 2.05) is 12.2 Å². The predicted molar refractivity (Wildman–Crippen MR) is 353 cm³/mol. The molecule has 0 aromatic carbocycles. The molecular formula is C72H125O11P. The van der Waals surface area contributed by atoms with Crippen LogP contribution in [0.15, 0.2) is 97.2 Å². The lowest BCUT2D eigenvalue weighted by atomic mass is 10.1. The van der Waals surface area contributed by atoms with Gasteiger partial charge in [0.2, 0.25) is 0 Å². The van der Waals surface area contributed by atoms with Crippen LogP contribution in [-0.4, -0.2) is 66.5 Å². The minimum Gasteiger partial charge on any atom is -0.462 e. The van der Waals surface area contributed by atoms with Crippen molar-refractivity contribution >= 4 is 25.7 Å². The average molecular weight is 1200 g/mol. The van der Waals surface area contributed by atoms with Gasteiger partial charge in [-0.2, -0.15) is 0 Å². The van der Waals surface area contributed by atoms with Crippen LogP contribution in [0.2, 0.25) is 0 Å². The van der Waals surface area contributed by atoms with Crippen molar-refractivity contribution in [1.29, 1.82) is 0 Å². The second-order valence-electron chi connectivity index (χ2n) is 22.6. The molecular weight excluding hydrogens is 1070 g/mol. The first-order chi connectivity index (χ1) is 41.2. The van der Waals surface area contributed by atoms with Gasteiger partial charge in [0.05, 0.1) is 19.8 Å². The number of phosphoric acid groups is 1. The lowest BCUT2D eigenvalue weighted by molar-refractivity contribution is -0.161. The highest BCUT2D eigenvalue weighted by Gasteiger charge is 2.28. The Balaban J connectivity index is 4.76. The highest BCUT2D eigenvalue weighted by atomic mass is 31.2. The molecule has 0 aromatic heterocycles. The summed E-state index contributed by atoms with van der Waals surface area (Å²) >= 11 is 0. The summed E-state index contributed by atoms with van der Waals surface area (Å²) in [6.07, 6.45) is 79.4. The minimum absolute atomic E-state index is 0.0985. The second-order valence-corrected chi connectivity index (χ2v) is 24.1. The Kier molecular flexibility index (Phi) is 62.6. The fourth-order valence-electron chi connectivity index (χ4n) is 9.31. The third kappa shape index (κ3) is 62.9. The molecule has 0 bridgehead atoms. The minimum atomic E-state index is -4.78. The van der Waals surface area contributed by atoms with Crippen LogP contribution in [0, 0.1) is 0 Å². The van der Waals surface area contributed by atoms with Crippen LogP contribution < -0.4 is 0 Å². The van der Waals surface area contributed by atoms with Crippen LogP contribution in [-0.2, 0) is 42.2 Å². The number of unbranched alkanes of at least 4 members (excludes halogenated alkanes) is 30. The van der Waals surface area contributed by atoms with Gasteiger partial charge in [-0.25, -0.2) is 4.57 Å². The number of ether oxygens (including phenoxy) is 3. The molecule has 3 unspecified atom stereocenters. The molecule has 0 heterocycles. The van der Waals surface area contributed by atoms with Gasteiger partial charge in [-0.3, -0.25) is 23.4 Å². The van der Waals surface area contributed by atoms with Crippen molar-refractivity contribution in [3.8, 4) is 0 Å². The quantitative estimate of drug-likeness (QED) is 0.0197. The first-order valence-electron chi connectivity index (χ1n) is 34.1. The molecule has 2 N–H and O–H groups in total. The fourth-order valence-corrected chi connectivity index (χ4v) is 10.1. The Labute approximate surface area is 514 Å². The van der Waals surface area contributed by atoms with Crippen LogP contribution in [0.4, 0.5) is 0 Å². The number of allylic oxidation sites excluding steroid dienone is 16. The third-order valence-electron chi connectivity index (χ3n) is 14.5. The summed E-state index contributed by atoms with van der Waals surface area (Å²) in [5, 5.41) is 9.88. The van der Waals surface area contributed by atoms with Crippen LogP contribution in [0.3, 0.4) is 0 Å². The number of carbonyl (C=O) groups excluding carboxylic acids is 3. The summed E-state index contributed by atoms with van der Waals surface area (Å²) in [5.41, 5.74) is 0. The lowest BCUT2D eigenvalue weighted by Gasteiger charge is -2.21. The van der Waals surface area contributed by atoms with Gasteiger partial charge in [-0.1, -0.05) is 272 Å². The number of carbonyl (C=O) groups is 3. The van der Waals surface area contributed by atoms with Gasteiger partial charge in [0.25, 0.3) is 0 Å². The number of hydrogen-bond acceptors (Lipinski definition) is 10. The predicted octanol–water partition coefficient (Wildman–Crippen LogP) is 21.2. The maximum Gasteiger partial charge on any atom is 0.472 e. The fraction of sp³-hybridized carbons (Fsp3) is 0.736. The molecule has 11 nitrogen and oxygen atoms in total. The monoisotopic (exact) mass is 1200 g/mol. The Morgan fingerprint density at radius 3 is 1.00 bits per heavy atom. The van der Waals surface area contributed by atoms with Crippen molar-refractivity contribution in [2.45, 2.75) is 315 Å². The normalized spacial score (nSPS) is 13.8. The molecule has 3 atom stereocenters. The first-order valence-corrected chi connectivity index (χ1v) is 35.6. The number of aliphatic hydroxyl groups is 1. The molecule has 0 saturated carbocycles. The summed E-state index contributed by atoms with van der Waals surface area (Å²) in [4.78, 5) is 48.8. The number of aliphatic hydroxyl groups excluding tert-OH is 1. The van der Waals surface area contributed by atoms with E-state index in [-0.39, 0.29) is 25.9 Å². The number of esters is 3. The largest absolute Gasteiger partial charge is 0.472 e. The molecule has 0 radical (unpaired) electrons. The van der Waals surface area contributed by atoms with Gasteiger partial charge in [0, 0.05) is 19.3 Å². The van der Waals surface area contributed by atoms with E-state index in [9.17, 15) is 28.9 Å². The van der Waals surface area contributed by atoms with Crippen molar-refractivity contribution < 1.29 is 52.2 Å². The lowest BCUT2D eigenvalue weighted by Crippen LogP contribution is -2.30. The zero-order chi connectivity index (χ0) is 61.2. The second kappa shape index (κ2) is 65.4. The van der Waals surface area contributed by atoms with Gasteiger partial charge in [-0.15, -0.1) is 0 Å². The summed E-state index contributed by atoms with van der Waals surface area (Å²) in [7, 11) is -4.78. The maximum absolute atomic E-state index is 13.0. The van der Waals surface area contributed by atoms with Gasteiger partial charge in [-0.05, 0) is 109 Å². The van der Waals surface area contributed by atoms with Crippen LogP contribution in [0.1, 0.15) is 303 Å². The van der Waals surface area contributed by atoms with E-state index in [0.717, 1.165) is 77.0 Å². The highest BCUT2D eigenvalue weighted by Crippen LogP contribution is 2.43. The molecule has 84 heavy (non-hydrogen) atoms. The van der Waals surface area contributed by atoms with E-state index >= 15 is 0 Å². The Hall–Kier alpha value is -3.60. The van der Waals surface area contributed by atoms with E-state index in [2.05, 4.69) is 106 Å². The topological polar surface area (TPSA) is 155 Å². The summed E-state index contributed by atoms with van der Waals surface area (Å²) < 4.78 is 39.7. The SMILES string of the molecule is CC/C=C\C/C=C\C/C=C\C/C=C\C/C=C\C/C=C\CCC(=O)OCC(COP(=O)(O)OCC(CO)OC(=O)CCCCCCCCCCC/C=C\CCCCCCCC)OC(=O)CCCCCCCCCCC/C=C\CCCCCCCC. The molecule has 0 rings (SSSR count). The van der Waals surface area contributed by atoms with E-state index in [1.165, 1.54) is 167 Å². The van der Waals surface area contributed by atoms with Crippen molar-refractivity contribution in [2.24, 2.45) is 0 Å². The van der Waals surface area contributed by atoms with Gasteiger partial charge in [0.1, 0.15) is 12.7 Å². The molecule has 0 aliphatic rings. The first kappa shape index (κ1) is 80.4. The molecule has 484 valence electrons. The van der Waals surface area contributed by atoms with E-state index in [4.69, 9.17) is 23.3 Å². The van der Waals surface area contributed by atoms with Gasteiger partial charge < -0.3 is 24.2 Å². The molecule has 0 aliphatic heterocycles. The molecule has 0 aliphatic carbocycles. The third-order valence-corrected chi connectivity index (χ3v) is 15.4. The Morgan fingerprint density at radius 2 is 0.643 bits per heavy atom. The van der Waals surface area contributed by atoms with Crippen LogP contribution in [0.5, 0.6) is 0 Å². The molecule has 0 fully saturated rings. The molecule has 0 aromatic rings. The zero-order valence-electron chi connectivity index (χ0n) is 53.8. The Morgan fingerprint density at radius 1 is 0.345 bits per heavy atom. The van der Waals surface area contributed by atoms with Gasteiger partial charge >= 0.3 is 25.7 Å².